The molecule has 0 saturated heterocycles. The molecule has 0 amide bonds. The van der Waals surface area contributed by atoms with Gasteiger partial charge in [0.05, 0.1) is 11.1 Å². The lowest BCUT2D eigenvalue weighted by Crippen LogP contribution is -1.79. The van der Waals surface area contributed by atoms with Crippen LogP contribution >= 0.6 is 34.0 Å². The first-order chi connectivity index (χ1) is 16.4. The van der Waals surface area contributed by atoms with Crippen LogP contribution in [0.2, 0.25) is 0 Å². The van der Waals surface area contributed by atoms with Gasteiger partial charge in [-0.15, -0.1) is 17.8 Å². The summed E-state index contributed by atoms with van der Waals surface area (Å²) >= 11 is 4.90. The second kappa shape index (κ2) is 20.8. The van der Waals surface area contributed by atoms with Gasteiger partial charge in [-0.2, -0.15) is 22.7 Å². The van der Waals surface area contributed by atoms with E-state index in [1.807, 2.05) is 34.4 Å². The molecule has 0 fully saturated rings. The van der Waals surface area contributed by atoms with E-state index in [1.165, 1.54) is 28.0 Å². The lowest BCUT2D eigenvalue weighted by Gasteiger charge is -1.83. The van der Waals surface area contributed by atoms with Gasteiger partial charge in [-0.3, -0.25) is 0 Å². The van der Waals surface area contributed by atoms with Crippen molar-refractivity contribution in [3.63, 3.8) is 0 Å². The fourth-order valence-corrected chi connectivity index (χ4v) is 4.15. The molecule has 34 heavy (non-hydrogen) atoms. The maximum absolute atomic E-state index is 8.49. The van der Waals surface area contributed by atoms with Crippen molar-refractivity contribution in [1.82, 2.24) is 0 Å². The number of hydrogen-bond acceptors (Lipinski definition) is 7. The van der Waals surface area contributed by atoms with Crippen LogP contribution in [0.4, 0.5) is 0 Å². The van der Waals surface area contributed by atoms with Crippen molar-refractivity contribution >= 4 is 34.0 Å². The second-order valence-corrected chi connectivity index (χ2v) is 8.38. The summed E-state index contributed by atoms with van der Waals surface area (Å²) in [6, 6.07) is 0. The molecule has 0 atom stereocenters. The molecule has 178 valence electrons. The quantitative estimate of drug-likeness (QED) is 0.345. The molecule has 3 heterocycles. The van der Waals surface area contributed by atoms with Gasteiger partial charge in [0.1, 0.15) is 26.4 Å². The molecule has 0 spiro atoms. The SMILES string of the molecule is C#CCO.Cc1cscc1C.Cc1cscc1C#CCO.OCC#Cc1cscc1C#CCO. The molecular weight excluding hydrogens is 484 g/mol. The number of aliphatic hydroxyl groups is 4. The molecule has 0 saturated carbocycles. The van der Waals surface area contributed by atoms with E-state index >= 15 is 0 Å². The molecule has 4 N–H and O–H groups in total. The minimum Gasteiger partial charge on any atom is -0.384 e. The first kappa shape index (κ1) is 31.2. The van der Waals surface area contributed by atoms with Crippen LogP contribution in [0.25, 0.3) is 0 Å². The Balaban J connectivity index is 0.000000460. The number of hydrogen-bond donors (Lipinski definition) is 4. The molecule has 0 aromatic carbocycles. The predicted octanol–water partition coefficient (Wildman–Crippen LogP) is 3.81. The molecule has 0 radical (unpaired) electrons. The second-order valence-electron chi connectivity index (χ2n) is 6.15. The Morgan fingerprint density at radius 2 is 0.882 bits per heavy atom. The smallest absolute Gasteiger partial charge is 0.104 e. The van der Waals surface area contributed by atoms with Crippen molar-refractivity contribution in [1.29, 1.82) is 0 Å². The highest BCUT2D eigenvalue weighted by Gasteiger charge is 1.96. The van der Waals surface area contributed by atoms with Crippen LogP contribution in [0, 0.1) is 68.6 Å². The summed E-state index contributed by atoms with van der Waals surface area (Å²) in [4.78, 5) is 0. The summed E-state index contributed by atoms with van der Waals surface area (Å²) in [5, 5.41) is 45.1. The first-order valence-electron chi connectivity index (χ1n) is 9.86. The summed E-state index contributed by atoms with van der Waals surface area (Å²) in [7, 11) is 0. The summed E-state index contributed by atoms with van der Waals surface area (Å²) in [5.41, 5.74) is 6.64. The van der Waals surface area contributed by atoms with Gasteiger partial charge in [0.2, 0.25) is 0 Å². The lowest BCUT2D eigenvalue weighted by atomic mass is 10.2. The molecular formula is C27H28O4S3. The standard InChI is InChI=1S/C10H8O2S.C8H8OS.C6H8S.C3H4O/c11-5-1-3-9-7-13-8-10(9)4-2-6-12;1-7-5-10-6-8(7)3-2-4-9;1-5-3-7-4-6(5)2;1-2-3-4/h7-8,11-12H,5-6H2;5-6,9H,4H2,1H3;3-4H,1-2H3;1,4H,3H2. The number of aryl methyl sites for hydroxylation is 3. The van der Waals surface area contributed by atoms with Crippen molar-refractivity contribution in [2.45, 2.75) is 20.8 Å². The Labute approximate surface area is 214 Å². The predicted molar refractivity (Wildman–Crippen MR) is 145 cm³/mol. The van der Waals surface area contributed by atoms with Crippen LogP contribution in [0.15, 0.2) is 32.3 Å². The van der Waals surface area contributed by atoms with Gasteiger partial charge in [-0.25, -0.2) is 0 Å². The third-order valence-corrected chi connectivity index (χ3v) is 6.21. The molecule has 0 unspecified atom stereocenters. The summed E-state index contributed by atoms with van der Waals surface area (Å²) < 4.78 is 0. The van der Waals surface area contributed by atoms with Crippen LogP contribution in [0.1, 0.15) is 33.4 Å². The Bertz CT molecular complexity index is 1120. The Morgan fingerprint density at radius 1 is 0.559 bits per heavy atom. The normalized spacial score (nSPS) is 8.18. The monoisotopic (exact) mass is 512 g/mol. The van der Waals surface area contributed by atoms with E-state index in [-0.39, 0.29) is 26.4 Å². The maximum Gasteiger partial charge on any atom is 0.104 e. The molecule has 4 nitrogen and oxygen atoms in total. The van der Waals surface area contributed by atoms with Crippen LogP contribution in [0.5, 0.6) is 0 Å². The summed E-state index contributed by atoms with van der Waals surface area (Å²) in [6.45, 7) is 5.76. The zero-order chi connectivity index (χ0) is 25.6. The average molecular weight is 513 g/mol. The molecule has 0 bridgehead atoms. The van der Waals surface area contributed by atoms with Crippen LogP contribution < -0.4 is 0 Å². The fraction of sp³-hybridized carbons (Fsp3) is 0.259. The van der Waals surface area contributed by atoms with Crippen molar-refractivity contribution in [2.24, 2.45) is 0 Å². The van der Waals surface area contributed by atoms with E-state index in [2.05, 4.69) is 66.6 Å². The highest BCUT2D eigenvalue weighted by atomic mass is 32.1. The van der Waals surface area contributed by atoms with Gasteiger partial charge in [-0.1, -0.05) is 41.4 Å². The van der Waals surface area contributed by atoms with Crippen LogP contribution in [0.3, 0.4) is 0 Å². The molecule has 3 rings (SSSR count). The summed E-state index contributed by atoms with van der Waals surface area (Å²) in [5.74, 6) is 18.1. The lowest BCUT2D eigenvalue weighted by molar-refractivity contribution is 0.350. The topological polar surface area (TPSA) is 80.9 Å². The van der Waals surface area contributed by atoms with Crippen LogP contribution in [-0.2, 0) is 0 Å². The minimum atomic E-state index is -0.153. The van der Waals surface area contributed by atoms with E-state index in [4.69, 9.17) is 20.4 Å². The summed E-state index contributed by atoms with van der Waals surface area (Å²) in [6.07, 6.45) is 4.53. The van der Waals surface area contributed by atoms with E-state index in [0.717, 1.165) is 16.7 Å². The Hall–Kier alpha value is -2.82. The van der Waals surface area contributed by atoms with Gasteiger partial charge >= 0.3 is 0 Å². The van der Waals surface area contributed by atoms with Gasteiger partial charge in [0.25, 0.3) is 0 Å². The van der Waals surface area contributed by atoms with E-state index in [1.54, 1.807) is 22.7 Å². The van der Waals surface area contributed by atoms with Gasteiger partial charge < -0.3 is 20.4 Å². The fourth-order valence-electron chi connectivity index (χ4n) is 1.81. The number of thiophene rings is 3. The highest BCUT2D eigenvalue weighted by molar-refractivity contribution is 7.08. The van der Waals surface area contributed by atoms with Crippen molar-refractivity contribution in [2.75, 3.05) is 26.4 Å². The minimum absolute atomic E-state index is 0.0602. The Morgan fingerprint density at radius 3 is 1.18 bits per heavy atom. The van der Waals surface area contributed by atoms with E-state index < -0.39 is 0 Å². The molecule has 3 aromatic heterocycles. The van der Waals surface area contributed by atoms with E-state index in [0.29, 0.717) is 0 Å². The third kappa shape index (κ3) is 14.4. The molecule has 7 heteroatoms. The largest absolute Gasteiger partial charge is 0.384 e. The highest BCUT2D eigenvalue weighted by Crippen LogP contribution is 2.12. The van der Waals surface area contributed by atoms with Crippen LogP contribution in [-0.4, -0.2) is 46.9 Å². The van der Waals surface area contributed by atoms with Gasteiger partial charge in [0.15, 0.2) is 0 Å². The average Bonchev–Trinajstić information content (AvgIpc) is 3.58. The first-order valence-corrected chi connectivity index (χ1v) is 12.7. The maximum atomic E-state index is 8.49. The van der Waals surface area contributed by atoms with Gasteiger partial charge in [0, 0.05) is 21.7 Å². The Kier molecular flexibility index (Phi) is 19.0. The van der Waals surface area contributed by atoms with Gasteiger partial charge in [-0.05, 0) is 53.6 Å². The number of terminal acetylenes is 1. The zero-order valence-corrected chi connectivity index (χ0v) is 21.8. The molecule has 0 aliphatic carbocycles. The molecule has 0 aliphatic rings. The third-order valence-electron chi connectivity index (χ3n) is 3.63. The zero-order valence-electron chi connectivity index (χ0n) is 19.4. The molecule has 3 aromatic rings. The van der Waals surface area contributed by atoms with E-state index in [9.17, 15) is 0 Å². The van der Waals surface area contributed by atoms with Crippen molar-refractivity contribution in [3.05, 3.63) is 65.7 Å². The number of aliphatic hydroxyl groups excluding tert-OH is 4. The number of rotatable bonds is 0. The van der Waals surface area contributed by atoms with Crippen molar-refractivity contribution < 1.29 is 20.4 Å². The molecule has 0 aliphatic heterocycles. The van der Waals surface area contributed by atoms with Crippen molar-refractivity contribution in [3.8, 4) is 47.9 Å².